The number of halogens is 4. The minimum atomic E-state index is -4.86. The fourth-order valence-electron chi connectivity index (χ4n) is 0.722. The summed E-state index contributed by atoms with van der Waals surface area (Å²) in [6, 6.07) is 6.42. The maximum Gasteiger partial charge on any atom is 1.00 e. The van der Waals surface area contributed by atoms with E-state index in [-0.39, 0.29) is 57.1 Å². The van der Waals surface area contributed by atoms with Gasteiger partial charge >= 0.3 is 58.4 Å². The molecule has 0 aromatic heterocycles. The summed E-state index contributed by atoms with van der Waals surface area (Å²) in [4.78, 5) is 0. The number of ether oxygens (including phenoxy) is 1. The zero-order chi connectivity index (χ0) is 9.90. The van der Waals surface area contributed by atoms with E-state index >= 15 is 0 Å². The summed E-state index contributed by atoms with van der Waals surface area (Å²) in [6.07, 6.45) is 0. The van der Waals surface area contributed by atoms with E-state index in [4.69, 9.17) is 0 Å². The second-order valence-corrected chi connectivity index (χ2v) is 3.72. The summed E-state index contributed by atoms with van der Waals surface area (Å²) < 4.78 is 40.8. The van der Waals surface area contributed by atoms with Crippen molar-refractivity contribution in [3.63, 3.8) is 0 Å². The first kappa shape index (κ1) is 15.2. The fraction of sp³-hybridized carbons (Fsp3) is 0.143. The summed E-state index contributed by atoms with van der Waals surface area (Å²) in [7, 11) is 0. The van der Waals surface area contributed by atoms with E-state index in [2.05, 4.69) is 27.3 Å². The number of hydrogen-bond donors (Lipinski definition) is 0. The molecule has 0 amide bonds. The molecular weight excluding hydrogens is 334 g/mol. The van der Waals surface area contributed by atoms with E-state index in [0.29, 0.717) is 0 Å². The third-order valence-corrected chi connectivity index (χ3v) is 1.97. The summed E-state index contributed by atoms with van der Waals surface area (Å²) in [6.45, 7) is -6.04. The van der Waals surface area contributed by atoms with Crippen LogP contribution in [0.5, 0.6) is 5.75 Å². The van der Waals surface area contributed by atoms with Crippen molar-refractivity contribution in [1.29, 1.82) is 0 Å². The predicted molar refractivity (Wildman–Crippen MR) is 53.7 cm³/mol. The minimum Gasteiger partial charge on any atom is -0.522 e. The van der Waals surface area contributed by atoms with Gasteiger partial charge in [-0.25, -0.2) is 0 Å². The van der Waals surface area contributed by atoms with Gasteiger partial charge in [-0.2, -0.15) is 0 Å². The molecule has 0 heterocycles. The molecule has 1 aromatic rings. The standard InChI is InChI=1S/C7H6BF3IO.K/c9-8(10,11)5-13-7-3-1-6(12)2-4-7;/h1-4H,5H2;/q-1;+1. The molecule has 0 spiro atoms. The first-order chi connectivity index (χ1) is 5.97. The maximum absolute atomic E-state index is 11.8. The van der Waals surface area contributed by atoms with Gasteiger partial charge in [0.15, 0.2) is 0 Å². The Morgan fingerprint density at radius 1 is 1.14 bits per heavy atom. The predicted octanol–water partition coefficient (Wildman–Crippen LogP) is 0.0606. The molecule has 0 unspecified atom stereocenters. The van der Waals surface area contributed by atoms with Gasteiger partial charge in [0.1, 0.15) is 5.75 Å². The van der Waals surface area contributed by atoms with Crippen LogP contribution < -0.4 is 56.1 Å². The van der Waals surface area contributed by atoms with Crippen molar-refractivity contribution >= 4 is 29.6 Å². The smallest absolute Gasteiger partial charge is 0.522 e. The van der Waals surface area contributed by atoms with Crippen molar-refractivity contribution < 1.29 is 69.1 Å². The number of rotatable bonds is 3. The van der Waals surface area contributed by atoms with Crippen LogP contribution in [-0.2, 0) is 0 Å². The average molecular weight is 340 g/mol. The average Bonchev–Trinajstić information content (AvgIpc) is 2.02. The molecule has 1 nitrogen and oxygen atoms in total. The molecule has 0 radical (unpaired) electrons. The van der Waals surface area contributed by atoms with Crippen molar-refractivity contribution in [2.24, 2.45) is 0 Å². The third-order valence-electron chi connectivity index (χ3n) is 1.25. The van der Waals surface area contributed by atoms with Gasteiger partial charge < -0.3 is 17.7 Å². The van der Waals surface area contributed by atoms with Gasteiger partial charge in [0.05, 0.1) is 6.51 Å². The van der Waals surface area contributed by atoms with Crippen LogP contribution in [0.3, 0.4) is 0 Å². The second kappa shape index (κ2) is 6.74. The van der Waals surface area contributed by atoms with Gasteiger partial charge in [-0.05, 0) is 46.9 Å². The zero-order valence-corrected chi connectivity index (χ0v) is 12.8. The normalized spacial score (nSPS) is 10.6. The van der Waals surface area contributed by atoms with Crippen LogP contribution in [0.2, 0.25) is 0 Å². The first-order valence-electron chi connectivity index (χ1n) is 3.57. The molecule has 0 fully saturated rings. The summed E-state index contributed by atoms with van der Waals surface area (Å²) >= 11 is 2.07. The Morgan fingerprint density at radius 2 is 1.64 bits per heavy atom. The molecule has 0 aliphatic heterocycles. The van der Waals surface area contributed by atoms with E-state index in [9.17, 15) is 12.9 Å². The molecule has 0 atom stereocenters. The topological polar surface area (TPSA) is 9.23 Å². The van der Waals surface area contributed by atoms with E-state index in [1.165, 1.54) is 12.1 Å². The molecule has 1 aromatic carbocycles. The van der Waals surface area contributed by atoms with Crippen LogP contribution in [0, 0.1) is 3.57 Å². The van der Waals surface area contributed by atoms with Gasteiger partial charge in [-0.1, -0.05) is 0 Å². The molecular formula is C7H6BF3IKO. The zero-order valence-electron chi connectivity index (χ0n) is 7.51. The Balaban J connectivity index is 0.00000169. The molecule has 72 valence electrons. The van der Waals surface area contributed by atoms with Crippen molar-refractivity contribution in [2.75, 3.05) is 6.51 Å². The SMILES string of the molecule is F[B-](F)(F)COc1ccc(I)cc1.[K+]. The molecule has 7 heteroatoms. The Hall–Kier alpha value is 1.24. The summed E-state index contributed by atoms with van der Waals surface area (Å²) in [5.41, 5.74) is 0. The van der Waals surface area contributed by atoms with E-state index in [1.807, 2.05) is 0 Å². The molecule has 0 aliphatic carbocycles. The van der Waals surface area contributed by atoms with E-state index in [0.717, 1.165) is 3.57 Å². The number of hydrogen-bond acceptors (Lipinski definition) is 1. The van der Waals surface area contributed by atoms with Gasteiger partial charge in [0.2, 0.25) is 0 Å². The van der Waals surface area contributed by atoms with Crippen molar-refractivity contribution in [3.05, 3.63) is 27.8 Å². The Kier molecular flexibility index (Phi) is 7.34. The van der Waals surface area contributed by atoms with Crippen LogP contribution in [0.4, 0.5) is 12.9 Å². The van der Waals surface area contributed by atoms with E-state index in [1.54, 1.807) is 12.1 Å². The monoisotopic (exact) mass is 340 g/mol. The van der Waals surface area contributed by atoms with Crippen molar-refractivity contribution in [2.45, 2.75) is 0 Å². The minimum absolute atomic E-state index is 0. The third kappa shape index (κ3) is 6.67. The van der Waals surface area contributed by atoms with Gasteiger partial charge in [-0.15, -0.1) is 0 Å². The molecule has 0 saturated heterocycles. The van der Waals surface area contributed by atoms with Gasteiger partial charge in [0.25, 0.3) is 0 Å². The Labute approximate surface area is 136 Å². The van der Waals surface area contributed by atoms with E-state index < -0.39 is 13.5 Å². The summed E-state index contributed by atoms with van der Waals surface area (Å²) in [5.74, 6) is 0.250. The quantitative estimate of drug-likeness (QED) is 0.559. The van der Waals surface area contributed by atoms with Crippen LogP contribution in [0.15, 0.2) is 24.3 Å². The molecule has 0 aliphatic rings. The molecule has 0 saturated carbocycles. The van der Waals surface area contributed by atoms with Crippen LogP contribution in [0.25, 0.3) is 0 Å². The second-order valence-electron chi connectivity index (χ2n) is 2.48. The summed E-state index contributed by atoms with van der Waals surface area (Å²) in [5, 5.41) is 0. The largest absolute Gasteiger partial charge is 1.00 e. The Morgan fingerprint density at radius 3 is 2.07 bits per heavy atom. The fourth-order valence-corrected chi connectivity index (χ4v) is 1.08. The van der Waals surface area contributed by atoms with Crippen LogP contribution in [-0.4, -0.2) is 13.5 Å². The van der Waals surface area contributed by atoms with Crippen LogP contribution in [0.1, 0.15) is 0 Å². The Bertz CT molecular complexity index is 277. The van der Waals surface area contributed by atoms with Gasteiger partial charge in [-0.3, -0.25) is 0 Å². The molecule has 0 bridgehead atoms. The molecule has 1 rings (SSSR count). The first-order valence-corrected chi connectivity index (χ1v) is 4.64. The maximum atomic E-state index is 11.8. The molecule has 0 N–H and O–H groups in total. The molecule has 14 heavy (non-hydrogen) atoms. The van der Waals surface area contributed by atoms with Gasteiger partial charge in [0, 0.05) is 3.57 Å². The van der Waals surface area contributed by atoms with Crippen molar-refractivity contribution in [3.8, 4) is 5.75 Å². The van der Waals surface area contributed by atoms with Crippen molar-refractivity contribution in [1.82, 2.24) is 0 Å². The number of benzene rings is 1. The van der Waals surface area contributed by atoms with Crippen LogP contribution >= 0.6 is 22.6 Å².